The van der Waals surface area contributed by atoms with E-state index in [0.29, 0.717) is 6.61 Å². The molecular formula is C21H30N2O4. The first-order valence-corrected chi connectivity index (χ1v) is 9.22. The summed E-state index contributed by atoms with van der Waals surface area (Å²) in [5.74, 6) is -1.26. The van der Waals surface area contributed by atoms with Gasteiger partial charge in [-0.25, -0.2) is 0 Å². The summed E-state index contributed by atoms with van der Waals surface area (Å²) in [6, 6.07) is 12.2. The minimum atomic E-state index is -0.889. The molecule has 0 radical (unpaired) electrons. The van der Waals surface area contributed by atoms with Crippen LogP contribution in [-0.2, 0) is 19.0 Å². The van der Waals surface area contributed by atoms with Crippen LogP contribution in [0.2, 0.25) is 0 Å². The van der Waals surface area contributed by atoms with Crippen LogP contribution in [0.1, 0.15) is 45.8 Å². The minimum Gasteiger partial charge on any atom is -0.469 e. The van der Waals surface area contributed by atoms with E-state index in [9.17, 15) is 10.1 Å². The molecule has 1 aliphatic heterocycles. The fraction of sp³-hybridized carbons (Fsp3) is 0.619. The quantitative estimate of drug-likeness (QED) is 0.712. The molecule has 0 unspecified atom stereocenters. The lowest BCUT2D eigenvalue weighted by molar-refractivity contribution is -0.299. The average molecular weight is 374 g/mol. The number of benzene rings is 1. The van der Waals surface area contributed by atoms with Gasteiger partial charge in [0.25, 0.3) is 0 Å². The van der Waals surface area contributed by atoms with E-state index in [-0.39, 0.29) is 30.5 Å². The van der Waals surface area contributed by atoms with Gasteiger partial charge in [0.2, 0.25) is 0 Å². The summed E-state index contributed by atoms with van der Waals surface area (Å²) in [6.07, 6.45) is -0.0844. The van der Waals surface area contributed by atoms with Crippen molar-refractivity contribution in [2.75, 3.05) is 20.8 Å². The van der Waals surface area contributed by atoms with Crippen LogP contribution < -0.4 is 0 Å². The number of hydrogen-bond donors (Lipinski definition) is 0. The molecule has 1 saturated heterocycles. The predicted octanol–water partition coefficient (Wildman–Crippen LogP) is 3.29. The first-order chi connectivity index (χ1) is 12.6. The Morgan fingerprint density at radius 3 is 2.63 bits per heavy atom. The van der Waals surface area contributed by atoms with Crippen LogP contribution in [0.3, 0.4) is 0 Å². The molecule has 148 valence electrons. The second kappa shape index (κ2) is 8.39. The van der Waals surface area contributed by atoms with Crippen LogP contribution >= 0.6 is 0 Å². The van der Waals surface area contributed by atoms with Gasteiger partial charge in [-0.05, 0) is 39.3 Å². The highest BCUT2D eigenvalue weighted by atomic mass is 16.7. The van der Waals surface area contributed by atoms with Crippen molar-refractivity contribution in [2.45, 2.75) is 57.6 Å². The van der Waals surface area contributed by atoms with Crippen molar-refractivity contribution in [3.05, 3.63) is 35.9 Å². The van der Waals surface area contributed by atoms with Crippen LogP contribution in [0, 0.1) is 17.2 Å². The van der Waals surface area contributed by atoms with Gasteiger partial charge in [0.05, 0.1) is 32.2 Å². The monoisotopic (exact) mass is 374 g/mol. The zero-order valence-electron chi connectivity index (χ0n) is 17.1. The number of methoxy groups -OCH3 is 1. The van der Waals surface area contributed by atoms with Gasteiger partial charge in [-0.3, -0.25) is 9.69 Å². The molecule has 1 aromatic rings. The van der Waals surface area contributed by atoms with E-state index in [1.807, 2.05) is 70.0 Å². The molecule has 0 spiro atoms. The molecule has 6 heteroatoms. The topological polar surface area (TPSA) is 71.8 Å². The number of esters is 1. The van der Waals surface area contributed by atoms with E-state index < -0.39 is 11.3 Å². The SMILES string of the molecule is COC(=O)C[C@@H](C)[C@](C)(C#N)N(C)[C@H]1COC(C)(C)O[C@H]1c1ccccc1. The Labute approximate surface area is 162 Å². The van der Waals surface area contributed by atoms with Crippen molar-refractivity contribution >= 4 is 5.97 Å². The summed E-state index contributed by atoms with van der Waals surface area (Å²) in [7, 11) is 3.25. The first-order valence-electron chi connectivity index (χ1n) is 9.22. The Kier molecular flexibility index (Phi) is 6.63. The minimum absolute atomic E-state index is 0.167. The number of hydrogen-bond acceptors (Lipinski definition) is 6. The molecule has 1 aliphatic rings. The smallest absolute Gasteiger partial charge is 0.305 e. The third-order valence-corrected chi connectivity index (χ3v) is 5.61. The van der Waals surface area contributed by atoms with E-state index in [2.05, 4.69) is 6.07 Å². The van der Waals surface area contributed by atoms with Crippen molar-refractivity contribution < 1.29 is 19.0 Å². The van der Waals surface area contributed by atoms with Gasteiger partial charge in [0, 0.05) is 0 Å². The summed E-state index contributed by atoms with van der Waals surface area (Å²) in [6.45, 7) is 7.95. The summed E-state index contributed by atoms with van der Waals surface area (Å²) in [5, 5.41) is 9.98. The molecule has 0 bridgehead atoms. The summed E-state index contributed by atoms with van der Waals surface area (Å²) in [4.78, 5) is 13.7. The largest absolute Gasteiger partial charge is 0.469 e. The lowest BCUT2D eigenvalue weighted by Gasteiger charge is -2.49. The molecule has 0 N–H and O–H groups in total. The molecule has 0 aromatic heterocycles. The van der Waals surface area contributed by atoms with E-state index >= 15 is 0 Å². The summed E-state index contributed by atoms with van der Waals surface area (Å²) < 4.78 is 16.9. The Bertz CT molecular complexity index is 685. The van der Waals surface area contributed by atoms with Gasteiger partial charge in [-0.15, -0.1) is 0 Å². The number of carbonyl (C=O) groups excluding carboxylic acids is 1. The second-order valence-electron chi connectivity index (χ2n) is 7.78. The number of nitriles is 1. The van der Waals surface area contributed by atoms with Crippen LogP contribution in [0.5, 0.6) is 0 Å². The van der Waals surface area contributed by atoms with E-state index in [4.69, 9.17) is 14.2 Å². The molecule has 1 heterocycles. The molecule has 6 nitrogen and oxygen atoms in total. The Balaban J connectivity index is 2.33. The van der Waals surface area contributed by atoms with Crippen molar-refractivity contribution in [1.29, 1.82) is 5.26 Å². The maximum absolute atomic E-state index is 11.8. The van der Waals surface area contributed by atoms with E-state index in [1.54, 1.807) is 0 Å². The molecular weight excluding hydrogens is 344 g/mol. The van der Waals surface area contributed by atoms with Crippen LogP contribution in [-0.4, -0.2) is 49.0 Å². The van der Waals surface area contributed by atoms with Crippen molar-refractivity contribution in [3.63, 3.8) is 0 Å². The number of likely N-dealkylation sites (N-methyl/N-ethyl adjacent to an activating group) is 1. The molecule has 0 saturated carbocycles. The lowest BCUT2D eigenvalue weighted by atomic mass is 9.82. The van der Waals surface area contributed by atoms with Crippen LogP contribution in [0.25, 0.3) is 0 Å². The Hall–Kier alpha value is -1.94. The fourth-order valence-corrected chi connectivity index (χ4v) is 3.45. The third kappa shape index (κ3) is 4.67. The standard InChI is InChI=1S/C21H30N2O4/c1-15(12-18(24)25-6)21(4,14-22)23(5)17-13-26-20(2,3)27-19(17)16-10-8-7-9-11-16/h7-11,15,17,19H,12-13H2,1-6H3/t15-,17+,19+,21+/m1/s1. The Morgan fingerprint density at radius 1 is 1.44 bits per heavy atom. The van der Waals surface area contributed by atoms with Gasteiger partial charge >= 0.3 is 5.97 Å². The first kappa shape index (κ1) is 21.4. The maximum atomic E-state index is 11.8. The molecule has 1 aromatic carbocycles. The maximum Gasteiger partial charge on any atom is 0.305 e. The van der Waals surface area contributed by atoms with Crippen LogP contribution in [0.4, 0.5) is 0 Å². The lowest BCUT2D eigenvalue weighted by Crippen LogP contribution is -2.59. The highest BCUT2D eigenvalue weighted by Gasteiger charge is 2.46. The van der Waals surface area contributed by atoms with E-state index in [1.165, 1.54) is 7.11 Å². The van der Waals surface area contributed by atoms with Crippen molar-refractivity contribution in [3.8, 4) is 6.07 Å². The molecule has 2 rings (SSSR count). The van der Waals surface area contributed by atoms with Gasteiger partial charge in [-0.2, -0.15) is 5.26 Å². The number of ether oxygens (including phenoxy) is 3. The van der Waals surface area contributed by atoms with Gasteiger partial charge in [-0.1, -0.05) is 37.3 Å². The highest BCUT2D eigenvalue weighted by molar-refractivity contribution is 5.69. The van der Waals surface area contributed by atoms with E-state index in [0.717, 1.165) is 5.56 Å². The van der Waals surface area contributed by atoms with Gasteiger partial charge in [0.15, 0.2) is 5.79 Å². The zero-order chi connectivity index (χ0) is 20.2. The third-order valence-electron chi connectivity index (χ3n) is 5.61. The number of rotatable bonds is 6. The molecule has 27 heavy (non-hydrogen) atoms. The predicted molar refractivity (Wildman–Crippen MR) is 102 cm³/mol. The normalized spacial score (nSPS) is 25.3. The van der Waals surface area contributed by atoms with Crippen molar-refractivity contribution in [1.82, 2.24) is 4.90 Å². The van der Waals surface area contributed by atoms with Gasteiger partial charge < -0.3 is 14.2 Å². The zero-order valence-corrected chi connectivity index (χ0v) is 17.1. The highest BCUT2D eigenvalue weighted by Crippen LogP contribution is 2.39. The summed E-state index contributed by atoms with van der Waals surface area (Å²) >= 11 is 0. The van der Waals surface area contributed by atoms with Crippen molar-refractivity contribution in [2.24, 2.45) is 5.92 Å². The molecule has 1 fully saturated rings. The molecule has 4 atom stereocenters. The summed E-state index contributed by atoms with van der Waals surface area (Å²) in [5.41, 5.74) is 0.145. The number of nitrogens with zero attached hydrogens (tertiary/aromatic N) is 2. The molecule has 0 amide bonds. The molecule has 0 aliphatic carbocycles. The van der Waals surface area contributed by atoms with Crippen LogP contribution in [0.15, 0.2) is 30.3 Å². The second-order valence-corrected chi connectivity index (χ2v) is 7.78. The number of carbonyl (C=O) groups is 1. The fourth-order valence-electron chi connectivity index (χ4n) is 3.45. The Morgan fingerprint density at radius 2 is 2.07 bits per heavy atom. The van der Waals surface area contributed by atoms with Gasteiger partial charge in [0.1, 0.15) is 11.6 Å². The average Bonchev–Trinajstić information content (AvgIpc) is 2.66.